The number of hydrogen-bond donors (Lipinski definition) is 1. The number of aromatic nitrogens is 1. The van der Waals surface area contributed by atoms with Crippen molar-refractivity contribution < 1.29 is 18.0 Å². The number of benzene rings is 2. The number of rotatable bonds is 6. The van der Waals surface area contributed by atoms with Crippen LogP contribution in [0.25, 0.3) is 5.69 Å². The molecule has 2 heterocycles. The molecule has 0 aliphatic carbocycles. The SMILES string of the molecule is O=C1NC(=O)C(CCCC#Cc2ccc(-n3cccc3)cc2)(S(=O)(=O)c2ccc(I)cc2)S1. The summed E-state index contributed by atoms with van der Waals surface area (Å²) in [5, 5.41) is 1.49. The number of hydrogen-bond acceptors (Lipinski definition) is 5. The fourth-order valence-electron chi connectivity index (χ4n) is 3.49. The van der Waals surface area contributed by atoms with Crippen molar-refractivity contribution in [2.75, 3.05) is 0 Å². The fraction of sp³-hybridized carbons (Fsp3) is 0.167. The third-order valence-corrected chi connectivity index (χ3v) is 9.97. The molecule has 3 aromatic rings. The summed E-state index contributed by atoms with van der Waals surface area (Å²) in [6, 6.07) is 17.9. The number of nitrogens with one attached hydrogen (secondary N) is 1. The zero-order chi connectivity index (χ0) is 23.5. The summed E-state index contributed by atoms with van der Waals surface area (Å²) in [5.41, 5.74) is 1.87. The van der Waals surface area contributed by atoms with E-state index in [1.165, 1.54) is 12.1 Å². The van der Waals surface area contributed by atoms with E-state index in [1.54, 1.807) is 12.1 Å². The second-order valence-electron chi connectivity index (χ2n) is 7.35. The third-order valence-electron chi connectivity index (χ3n) is 5.19. The Kier molecular flexibility index (Phi) is 6.97. The Morgan fingerprint density at radius 2 is 1.67 bits per heavy atom. The summed E-state index contributed by atoms with van der Waals surface area (Å²) >= 11 is 2.62. The molecular formula is C24H19IN2O4S2. The minimum Gasteiger partial charge on any atom is -0.324 e. The van der Waals surface area contributed by atoms with Gasteiger partial charge in [0.25, 0.3) is 11.1 Å². The molecule has 1 fully saturated rings. The predicted octanol–water partition coefficient (Wildman–Crippen LogP) is 4.76. The van der Waals surface area contributed by atoms with Crippen molar-refractivity contribution in [3.63, 3.8) is 0 Å². The number of imide groups is 1. The zero-order valence-corrected chi connectivity index (χ0v) is 21.1. The Labute approximate surface area is 210 Å². The number of amides is 2. The molecule has 2 aromatic carbocycles. The van der Waals surface area contributed by atoms with Gasteiger partial charge < -0.3 is 4.57 Å². The van der Waals surface area contributed by atoms with Crippen LogP contribution in [-0.2, 0) is 14.6 Å². The molecule has 2 amide bonds. The van der Waals surface area contributed by atoms with Crippen LogP contribution in [0.3, 0.4) is 0 Å². The van der Waals surface area contributed by atoms with Gasteiger partial charge in [-0.15, -0.1) is 0 Å². The highest BCUT2D eigenvalue weighted by molar-refractivity contribution is 14.1. The van der Waals surface area contributed by atoms with Crippen molar-refractivity contribution in [3.05, 3.63) is 82.2 Å². The Hall–Kier alpha value is -2.55. The molecule has 1 aliphatic rings. The maximum Gasteiger partial charge on any atom is 0.287 e. The Morgan fingerprint density at radius 3 is 2.27 bits per heavy atom. The van der Waals surface area contributed by atoms with Gasteiger partial charge in [0.2, 0.25) is 13.9 Å². The van der Waals surface area contributed by atoms with Gasteiger partial charge in [-0.25, -0.2) is 8.42 Å². The molecule has 4 rings (SSSR count). The lowest BCUT2D eigenvalue weighted by Crippen LogP contribution is -2.43. The number of thioether (sulfide) groups is 1. The molecule has 33 heavy (non-hydrogen) atoms. The Morgan fingerprint density at radius 1 is 1.00 bits per heavy atom. The first-order valence-corrected chi connectivity index (χ1v) is 13.5. The molecule has 1 N–H and O–H groups in total. The summed E-state index contributed by atoms with van der Waals surface area (Å²) < 4.78 is 27.7. The van der Waals surface area contributed by atoms with Crippen LogP contribution in [0.15, 0.2) is 78.0 Å². The standard InChI is InChI=1S/C24H19IN2O4S2/c25-19-9-13-21(14-10-19)33(30,31)24(22(28)26-23(29)32-24)15-3-1-2-6-18-7-11-20(12-8-18)27-16-4-5-17-27/h4-5,7-14,16-17H,1,3,15H2,(H,26,28,29). The van der Waals surface area contributed by atoms with E-state index in [2.05, 4.69) is 39.7 Å². The second kappa shape index (κ2) is 9.75. The van der Waals surface area contributed by atoms with Crippen LogP contribution in [0, 0.1) is 15.4 Å². The average molecular weight is 590 g/mol. The average Bonchev–Trinajstić information content (AvgIpc) is 3.43. The summed E-state index contributed by atoms with van der Waals surface area (Å²) in [7, 11) is -4.09. The molecule has 1 unspecified atom stereocenters. The van der Waals surface area contributed by atoms with E-state index in [9.17, 15) is 18.0 Å². The Balaban J connectivity index is 1.46. The van der Waals surface area contributed by atoms with Gasteiger partial charge >= 0.3 is 0 Å². The van der Waals surface area contributed by atoms with E-state index in [4.69, 9.17) is 0 Å². The van der Waals surface area contributed by atoms with Crippen LogP contribution in [0.1, 0.15) is 24.8 Å². The van der Waals surface area contributed by atoms with Crippen molar-refractivity contribution in [1.29, 1.82) is 0 Å². The normalized spacial score (nSPS) is 18.0. The molecule has 168 valence electrons. The van der Waals surface area contributed by atoms with Crippen molar-refractivity contribution >= 4 is 55.3 Å². The Bertz CT molecular complexity index is 1340. The summed E-state index contributed by atoms with van der Waals surface area (Å²) in [6.07, 6.45) is 4.66. The van der Waals surface area contributed by atoms with E-state index < -0.39 is 25.1 Å². The molecule has 1 aromatic heterocycles. The quantitative estimate of drug-likeness (QED) is 0.255. The molecular weight excluding hydrogens is 571 g/mol. The van der Waals surface area contributed by atoms with Gasteiger partial charge in [-0.1, -0.05) is 11.8 Å². The van der Waals surface area contributed by atoms with Crippen molar-refractivity contribution in [1.82, 2.24) is 9.88 Å². The highest BCUT2D eigenvalue weighted by Crippen LogP contribution is 2.44. The molecule has 1 atom stereocenters. The lowest BCUT2D eigenvalue weighted by molar-refractivity contribution is -0.120. The molecule has 0 spiro atoms. The van der Waals surface area contributed by atoms with Gasteiger partial charge in [-0.3, -0.25) is 14.9 Å². The molecule has 0 saturated carbocycles. The monoisotopic (exact) mass is 590 g/mol. The topological polar surface area (TPSA) is 85.2 Å². The van der Waals surface area contributed by atoms with Crippen LogP contribution in [-0.4, -0.2) is 28.2 Å². The van der Waals surface area contributed by atoms with Crippen molar-refractivity contribution in [3.8, 4) is 17.5 Å². The first-order valence-electron chi connectivity index (χ1n) is 10.1. The van der Waals surface area contributed by atoms with Gasteiger partial charge in [0, 0.05) is 33.6 Å². The first kappa shape index (κ1) is 23.6. The second-order valence-corrected chi connectivity index (χ2v) is 12.3. The van der Waals surface area contributed by atoms with Gasteiger partial charge in [-0.2, -0.15) is 0 Å². The van der Waals surface area contributed by atoms with E-state index in [1.807, 2.05) is 53.4 Å². The lowest BCUT2D eigenvalue weighted by atomic mass is 10.1. The predicted molar refractivity (Wildman–Crippen MR) is 137 cm³/mol. The van der Waals surface area contributed by atoms with Crippen LogP contribution in [0.5, 0.6) is 0 Å². The number of carbonyl (C=O) groups excluding carboxylic acids is 2. The maximum atomic E-state index is 13.4. The summed E-state index contributed by atoms with van der Waals surface area (Å²) in [5.74, 6) is 5.32. The largest absolute Gasteiger partial charge is 0.324 e. The number of unbranched alkanes of at least 4 members (excludes halogenated alkanes) is 1. The van der Waals surface area contributed by atoms with Crippen LogP contribution in [0.4, 0.5) is 4.79 Å². The molecule has 1 aliphatic heterocycles. The summed E-state index contributed by atoms with van der Waals surface area (Å²) in [4.78, 5) is 24.6. The maximum absolute atomic E-state index is 13.4. The van der Waals surface area contributed by atoms with Crippen LogP contribution in [0.2, 0.25) is 0 Å². The number of halogens is 1. The van der Waals surface area contributed by atoms with Crippen LogP contribution < -0.4 is 5.32 Å². The van der Waals surface area contributed by atoms with Crippen molar-refractivity contribution in [2.45, 2.75) is 28.2 Å². The van der Waals surface area contributed by atoms with Gasteiger partial charge in [0.05, 0.1) is 4.90 Å². The molecule has 0 radical (unpaired) electrons. The van der Waals surface area contributed by atoms with E-state index in [0.29, 0.717) is 24.6 Å². The smallest absolute Gasteiger partial charge is 0.287 e. The molecule has 0 bridgehead atoms. The minimum absolute atomic E-state index is 0.00912. The van der Waals surface area contributed by atoms with Gasteiger partial charge in [0.15, 0.2) is 0 Å². The number of carbonyl (C=O) groups is 2. The van der Waals surface area contributed by atoms with E-state index in [0.717, 1.165) is 14.8 Å². The van der Waals surface area contributed by atoms with E-state index >= 15 is 0 Å². The number of nitrogens with zero attached hydrogens (tertiary/aromatic N) is 1. The minimum atomic E-state index is -4.09. The molecule has 1 saturated heterocycles. The van der Waals surface area contributed by atoms with Gasteiger partial charge in [-0.05, 0) is 108 Å². The van der Waals surface area contributed by atoms with Gasteiger partial charge in [0.1, 0.15) is 0 Å². The first-order chi connectivity index (χ1) is 15.8. The molecule has 6 nitrogen and oxygen atoms in total. The summed E-state index contributed by atoms with van der Waals surface area (Å²) in [6.45, 7) is 0. The highest BCUT2D eigenvalue weighted by atomic mass is 127. The number of sulfone groups is 1. The fourth-order valence-corrected chi connectivity index (χ4v) is 7.22. The van der Waals surface area contributed by atoms with Crippen LogP contribution >= 0.6 is 34.4 Å². The van der Waals surface area contributed by atoms with E-state index in [-0.39, 0.29) is 11.3 Å². The molecule has 9 heteroatoms. The van der Waals surface area contributed by atoms with Crippen molar-refractivity contribution in [2.24, 2.45) is 0 Å². The third kappa shape index (κ3) is 4.88. The zero-order valence-electron chi connectivity index (χ0n) is 17.3. The lowest BCUT2D eigenvalue weighted by Gasteiger charge is -2.24. The highest BCUT2D eigenvalue weighted by Gasteiger charge is 2.57.